The molecule has 160 valence electrons. The summed E-state index contributed by atoms with van der Waals surface area (Å²) in [5.74, 6) is 0.830. The zero-order valence-electron chi connectivity index (χ0n) is 17.1. The van der Waals surface area contributed by atoms with Crippen molar-refractivity contribution in [1.82, 2.24) is 30.0 Å². The Morgan fingerprint density at radius 2 is 2.10 bits per heavy atom. The van der Waals surface area contributed by atoms with Gasteiger partial charge >= 0.3 is 0 Å². The first-order valence-electron chi connectivity index (χ1n) is 9.98. The lowest BCUT2D eigenvalue weighted by Gasteiger charge is -2.31. The molecule has 2 aromatic heterocycles. The van der Waals surface area contributed by atoms with E-state index in [2.05, 4.69) is 26.0 Å². The Kier molecular flexibility index (Phi) is 5.65. The molecule has 30 heavy (non-hydrogen) atoms. The summed E-state index contributed by atoms with van der Waals surface area (Å²) in [5.41, 5.74) is 1.26. The topological polar surface area (TPSA) is 123 Å². The molecular weight excluding hydrogens is 406 g/mol. The molecule has 1 saturated heterocycles. The van der Waals surface area contributed by atoms with Crippen molar-refractivity contribution in [2.45, 2.75) is 63.6 Å². The van der Waals surface area contributed by atoms with Crippen molar-refractivity contribution >= 4 is 29.4 Å². The van der Waals surface area contributed by atoms with E-state index in [0.717, 1.165) is 12.1 Å². The van der Waals surface area contributed by atoms with Gasteiger partial charge in [-0.25, -0.2) is 9.67 Å². The molecule has 0 radical (unpaired) electrons. The summed E-state index contributed by atoms with van der Waals surface area (Å²) in [6.45, 7) is 5.62. The number of nitrogens with zero attached hydrogens (tertiary/aromatic N) is 4. The Morgan fingerprint density at radius 1 is 1.30 bits per heavy atom. The lowest BCUT2D eigenvalue weighted by atomic mass is 10.1. The fraction of sp³-hybridized carbons (Fsp3) is 0.526. The van der Waals surface area contributed by atoms with Crippen molar-refractivity contribution in [3.8, 4) is 0 Å². The predicted molar refractivity (Wildman–Crippen MR) is 112 cm³/mol. The van der Waals surface area contributed by atoms with Crippen molar-refractivity contribution in [1.29, 1.82) is 0 Å². The van der Waals surface area contributed by atoms with Gasteiger partial charge in [0.15, 0.2) is 11.4 Å². The van der Waals surface area contributed by atoms with E-state index in [0.29, 0.717) is 28.8 Å². The van der Waals surface area contributed by atoms with E-state index in [-0.39, 0.29) is 35.9 Å². The average molecular weight is 432 g/mol. The number of nitrogens with one attached hydrogen (secondary N) is 3. The zero-order chi connectivity index (χ0) is 21.4. The lowest BCUT2D eigenvalue weighted by molar-refractivity contribution is -0.125. The molecular formula is C19H25N7O3S. The Labute approximate surface area is 177 Å². The van der Waals surface area contributed by atoms with Crippen LogP contribution in [0.25, 0.3) is 0 Å². The van der Waals surface area contributed by atoms with Crippen LogP contribution in [-0.2, 0) is 9.59 Å². The van der Waals surface area contributed by atoms with Gasteiger partial charge in [-0.2, -0.15) is 5.10 Å². The van der Waals surface area contributed by atoms with Gasteiger partial charge in [-0.05, 0) is 20.3 Å². The third kappa shape index (κ3) is 4.12. The molecule has 2 aliphatic rings. The molecule has 0 saturated carbocycles. The molecule has 0 aliphatic carbocycles. The largest absolute Gasteiger partial charge is 0.322 e. The smallest absolute Gasteiger partial charge is 0.254 e. The summed E-state index contributed by atoms with van der Waals surface area (Å²) in [6, 6.07) is 3.04. The molecule has 1 fully saturated rings. The summed E-state index contributed by atoms with van der Waals surface area (Å²) in [7, 11) is 0. The fourth-order valence-electron chi connectivity index (χ4n) is 3.78. The Hall–Kier alpha value is -2.66. The normalized spacial score (nSPS) is 23.2. The highest BCUT2D eigenvalue weighted by molar-refractivity contribution is 7.99. The van der Waals surface area contributed by atoms with E-state index in [1.807, 2.05) is 13.8 Å². The third-order valence-electron chi connectivity index (χ3n) is 5.22. The van der Waals surface area contributed by atoms with Crippen LogP contribution in [0.5, 0.6) is 0 Å². The first-order valence-corrected chi connectivity index (χ1v) is 11.0. The molecule has 4 rings (SSSR count). The van der Waals surface area contributed by atoms with Gasteiger partial charge in [-0.15, -0.1) is 0 Å². The maximum atomic E-state index is 12.8. The second-order valence-electron chi connectivity index (χ2n) is 7.67. The summed E-state index contributed by atoms with van der Waals surface area (Å²) >= 11 is 1.48. The van der Waals surface area contributed by atoms with E-state index in [1.165, 1.54) is 17.8 Å². The van der Waals surface area contributed by atoms with Gasteiger partial charge in [-0.3, -0.25) is 24.3 Å². The fourth-order valence-corrected chi connectivity index (χ4v) is 4.98. The first-order chi connectivity index (χ1) is 14.3. The second kappa shape index (κ2) is 8.23. The monoisotopic (exact) mass is 431 g/mol. The van der Waals surface area contributed by atoms with Crippen LogP contribution < -0.4 is 21.5 Å². The van der Waals surface area contributed by atoms with Crippen molar-refractivity contribution in [2.24, 2.45) is 0 Å². The third-order valence-corrected chi connectivity index (χ3v) is 6.32. The Balaban J connectivity index is 1.49. The average Bonchev–Trinajstić information content (AvgIpc) is 3.24. The van der Waals surface area contributed by atoms with E-state index < -0.39 is 6.29 Å². The molecule has 0 bridgehead atoms. The van der Waals surface area contributed by atoms with Gasteiger partial charge in [-0.1, -0.05) is 18.7 Å². The van der Waals surface area contributed by atoms with Gasteiger partial charge in [0, 0.05) is 42.5 Å². The number of hydrogen-bond donors (Lipinski definition) is 3. The number of aryl methyl sites for hydroxylation is 2. The van der Waals surface area contributed by atoms with Crippen LogP contribution in [0.1, 0.15) is 49.9 Å². The molecule has 3 N–H and O–H groups in total. The van der Waals surface area contributed by atoms with Crippen LogP contribution >= 0.6 is 11.8 Å². The molecule has 4 heterocycles. The SMILES string of the molecule is CCC1CC(=O)NC(n2nc(C)cc2NC(=O)CC2CSc3nc(C)cc(=O)n32)N1. The zero-order valence-corrected chi connectivity index (χ0v) is 18.0. The highest BCUT2D eigenvalue weighted by Gasteiger charge is 2.30. The molecule has 0 spiro atoms. The first kappa shape index (κ1) is 20.6. The van der Waals surface area contributed by atoms with Gasteiger partial charge in [0.05, 0.1) is 11.7 Å². The minimum Gasteiger partial charge on any atom is -0.322 e. The number of rotatable bonds is 5. The van der Waals surface area contributed by atoms with Crippen LogP contribution in [0.3, 0.4) is 0 Å². The minimum absolute atomic E-state index is 0.0478. The standard InChI is InChI=1S/C19H25N7O3S/c1-4-12-7-15(27)23-18(21-12)26-14(5-11(3)24-26)22-16(28)8-13-9-30-19-20-10(2)6-17(29)25(13)19/h5-6,12-13,18,21H,4,7-9H2,1-3H3,(H,22,28)(H,23,27). The number of fused-ring (bicyclic) bond motifs is 1. The van der Waals surface area contributed by atoms with Crippen LogP contribution in [0, 0.1) is 13.8 Å². The number of aromatic nitrogens is 4. The molecule has 0 aromatic carbocycles. The van der Waals surface area contributed by atoms with E-state index in [1.54, 1.807) is 22.2 Å². The van der Waals surface area contributed by atoms with E-state index >= 15 is 0 Å². The Bertz CT molecular complexity index is 1050. The van der Waals surface area contributed by atoms with Crippen LogP contribution in [-0.4, -0.2) is 42.9 Å². The summed E-state index contributed by atoms with van der Waals surface area (Å²) in [6.07, 6.45) is 0.845. The molecule has 10 nitrogen and oxygen atoms in total. The van der Waals surface area contributed by atoms with E-state index in [4.69, 9.17) is 0 Å². The highest BCUT2D eigenvalue weighted by Crippen LogP contribution is 2.32. The van der Waals surface area contributed by atoms with Crippen LogP contribution in [0.2, 0.25) is 0 Å². The summed E-state index contributed by atoms with van der Waals surface area (Å²) in [4.78, 5) is 41.6. The van der Waals surface area contributed by atoms with Gasteiger partial charge in [0.1, 0.15) is 5.82 Å². The van der Waals surface area contributed by atoms with Crippen LogP contribution in [0.4, 0.5) is 5.82 Å². The summed E-state index contributed by atoms with van der Waals surface area (Å²) in [5, 5.41) is 14.2. The predicted octanol–water partition coefficient (Wildman–Crippen LogP) is 1.08. The number of amides is 2. The lowest BCUT2D eigenvalue weighted by Crippen LogP contribution is -2.53. The summed E-state index contributed by atoms with van der Waals surface area (Å²) < 4.78 is 3.18. The quantitative estimate of drug-likeness (QED) is 0.605. The highest BCUT2D eigenvalue weighted by atomic mass is 32.2. The van der Waals surface area contributed by atoms with Crippen molar-refractivity contribution in [2.75, 3.05) is 11.1 Å². The van der Waals surface area contributed by atoms with Gasteiger partial charge < -0.3 is 10.6 Å². The van der Waals surface area contributed by atoms with Crippen LogP contribution in [0.15, 0.2) is 22.1 Å². The molecule has 3 atom stereocenters. The molecule has 2 aromatic rings. The van der Waals surface area contributed by atoms with Gasteiger partial charge in [0.25, 0.3) is 5.56 Å². The van der Waals surface area contributed by atoms with E-state index in [9.17, 15) is 14.4 Å². The number of thioether (sulfide) groups is 1. The van der Waals surface area contributed by atoms with Crippen molar-refractivity contribution in [3.05, 3.63) is 33.9 Å². The molecule has 3 unspecified atom stereocenters. The van der Waals surface area contributed by atoms with Crippen molar-refractivity contribution in [3.63, 3.8) is 0 Å². The van der Waals surface area contributed by atoms with Gasteiger partial charge in [0.2, 0.25) is 11.8 Å². The number of anilines is 1. The number of hydrogen-bond acceptors (Lipinski definition) is 7. The maximum Gasteiger partial charge on any atom is 0.254 e. The molecule has 2 aliphatic heterocycles. The maximum absolute atomic E-state index is 12.8. The Morgan fingerprint density at radius 3 is 2.87 bits per heavy atom. The second-order valence-corrected chi connectivity index (χ2v) is 8.65. The molecule has 11 heteroatoms. The number of carbonyl (C=O) groups excluding carboxylic acids is 2. The minimum atomic E-state index is -0.530. The van der Waals surface area contributed by atoms with Crippen molar-refractivity contribution < 1.29 is 9.59 Å². The number of carbonyl (C=O) groups is 2. The molecule has 2 amide bonds.